The van der Waals surface area contributed by atoms with Gasteiger partial charge in [-0.05, 0) is 27.7 Å². The molecule has 0 radical (unpaired) electrons. The van der Waals surface area contributed by atoms with Gasteiger partial charge in [-0.15, -0.1) is 24.0 Å². The minimum Gasteiger partial charge on any atom is -0.383 e. The summed E-state index contributed by atoms with van der Waals surface area (Å²) in [7, 11) is 3.30. The quantitative estimate of drug-likeness (QED) is 0.200. The molecular weight excluding hydrogens is 409 g/mol. The molecule has 0 aliphatic carbocycles. The molecule has 0 fully saturated rings. The van der Waals surface area contributed by atoms with Crippen LogP contribution >= 0.6 is 24.0 Å². The third-order valence-corrected chi connectivity index (χ3v) is 3.26. The molecule has 0 spiro atoms. The second-order valence-corrected chi connectivity index (χ2v) is 5.62. The van der Waals surface area contributed by atoms with E-state index in [-0.39, 0.29) is 36.4 Å². The lowest BCUT2D eigenvalue weighted by atomic mass is 10.2. The smallest absolute Gasteiger partial charge is 0.239 e. The van der Waals surface area contributed by atoms with E-state index in [1.807, 2.05) is 0 Å². The number of nitrogens with zero attached hydrogens (tertiary/aromatic N) is 2. The monoisotopic (exact) mass is 443 g/mol. The Bertz CT molecular complexity index is 330. The van der Waals surface area contributed by atoms with Crippen molar-refractivity contribution in [3.63, 3.8) is 0 Å². The SMILES string of the molecule is CN=C(NCCN(C(C)C)C(C)C)NCC(=O)NCCOC.I. The van der Waals surface area contributed by atoms with Crippen LogP contribution in [0.5, 0.6) is 0 Å². The molecule has 138 valence electrons. The first-order valence-electron chi connectivity index (χ1n) is 7.88. The summed E-state index contributed by atoms with van der Waals surface area (Å²) in [4.78, 5) is 18.1. The van der Waals surface area contributed by atoms with Gasteiger partial charge in [0, 0.05) is 45.9 Å². The van der Waals surface area contributed by atoms with E-state index in [4.69, 9.17) is 4.74 Å². The van der Waals surface area contributed by atoms with Crippen molar-refractivity contribution in [1.29, 1.82) is 0 Å². The zero-order valence-electron chi connectivity index (χ0n) is 15.3. The Hall–Kier alpha value is -0.610. The molecule has 7 nitrogen and oxygen atoms in total. The third kappa shape index (κ3) is 12.5. The molecule has 0 rings (SSSR count). The Kier molecular flexibility index (Phi) is 16.0. The summed E-state index contributed by atoms with van der Waals surface area (Å²) >= 11 is 0. The second-order valence-electron chi connectivity index (χ2n) is 5.62. The fraction of sp³-hybridized carbons (Fsp3) is 0.867. The number of carbonyl (C=O) groups excluding carboxylic acids is 1. The van der Waals surface area contributed by atoms with Crippen molar-refractivity contribution in [3.8, 4) is 0 Å². The molecule has 0 aliphatic heterocycles. The van der Waals surface area contributed by atoms with Gasteiger partial charge in [0.25, 0.3) is 0 Å². The van der Waals surface area contributed by atoms with Crippen molar-refractivity contribution in [2.24, 2.45) is 4.99 Å². The predicted octanol–water partition coefficient (Wildman–Crippen LogP) is 0.651. The van der Waals surface area contributed by atoms with E-state index in [0.29, 0.717) is 31.2 Å². The number of carbonyl (C=O) groups is 1. The van der Waals surface area contributed by atoms with Crippen LogP contribution in [0.3, 0.4) is 0 Å². The van der Waals surface area contributed by atoms with Gasteiger partial charge in [0.2, 0.25) is 5.91 Å². The minimum absolute atomic E-state index is 0. The molecule has 1 amide bonds. The van der Waals surface area contributed by atoms with Crippen LogP contribution in [0.2, 0.25) is 0 Å². The molecule has 23 heavy (non-hydrogen) atoms. The Morgan fingerprint density at radius 1 is 1.09 bits per heavy atom. The number of guanidine groups is 1. The van der Waals surface area contributed by atoms with Crippen LogP contribution in [0.25, 0.3) is 0 Å². The largest absolute Gasteiger partial charge is 0.383 e. The fourth-order valence-electron chi connectivity index (χ4n) is 2.16. The summed E-state index contributed by atoms with van der Waals surface area (Å²) in [6, 6.07) is 1.01. The molecule has 0 heterocycles. The maximum absolute atomic E-state index is 11.6. The lowest BCUT2D eigenvalue weighted by Gasteiger charge is -2.30. The van der Waals surface area contributed by atoms with E-state index in [9.17, 15) is 4.79 Å². The molecule has 0 atom stereocenters. The van der Waals surface area contributed by atoms with Crippen LogP contribution in [0.4, 0.5) is 0 Å². The first-order valence-corrected chi connectivity index (χ1v) is 7.88. The molecule has 0 aliphatic rings. The number of ether oxygens (including phenoxy) is 1. The Morgan fingerprint density at radius 2 is 1.70 bits per heavy atom. The highest BCUT2D eigenvalue weighted by atomic mass is 127. The number of aliphatic imine (C=N–C) groups is 1. The van der Waals surface area contributed by atoms with E-state index in [2.05, 4.69) is 53.5 Å². The van der Waals surface area contributed by atoms with Gasteiger partial charge >= 0.3 is 0 Å². The zero-order chi connectivity index (χ0) is 17.0. The predicted molar refractivity (Wildman–Crippen MR) is 107 cm³/mol. The normalized spacial score (nSPS) is 11.6. The average Bonchev–Trinajstić information content (AvgIpc) is 2.46. The molecular formula is C15H34IN5O2. The first kappa shape index (κ1) is 24.6. The molecule has 3 N–H and O–H groups in total. The highest BCUT2D eigenvalue weighted by molar-refractivity contribution is 14.0. The topological polar surface area (TPSA) is 78.0 Å². The number of nitrogens with one attached hydrogen (secondary N) is 3. The van der Waals surface area contributed by atoms with Gasteiger partial charge in [-0.25, -0.2) is 0 Å². The maximum atomic E-state index is 11.6. The Balaban J connectivity index is 0. The van der Waals surface area contributed by atoms with Crippen LogP contribution in [-0.2, 0) is 9.53 Å². The van der Waals surface area contributed by atoms with Crippen molar-refractivity contribution >= 4 is 35.8 Å². The average molecular weight is 443 g/mol. The van der Waals surface area contributed by atoms with Crippen molar-refractivity contribution < 1.29 is 9.53 Å². The van der Waals surface area contributed by atoms with Crippen molar-refractivity contribution in [2.75, 3.05) is 46.9 Å². The maximum Gasteiger partial charge on any atom is 0.239 e. The van der Waals surface area contributed by atoms with Gasteiger partial charge in [0.05, 0.1) is 13.2 Å². The summed E-state index contributed by atoms with van der Waals surface area (Å²) < 4.78 is 4.88. The van der Waals surface area contributed by atoms with Crippen LogP contribution in [0.15, 0.2) is 4.99 Å². The second kappa shape index (κ2) is 14.9. The molecule has 0 aromatic carbocycles. The summed E-state index contributed by atoms with van der Waals surface area (Å²) in [5.41, 5.74) is 0. The molecule has 0 unspecified atom stereocenters. The highest BCUT2D eigenvalue weighted by Gasteiger charge is 2.12. The van der Waals surface area contributed by atoms with E-state index in [0.717, 1.165) is 13.1 Å². The molecule has 0 saturated carbocycles. The van der Waals surface area contributed by atoms with Gasteiger partial charge in [-0.2, -0.15) is 0 Å². The van der Waals surface area contributed by atoms with Crippen LogP contribution in [-0.4, -0.2) is 75.8 Å². The van der Waals surface area contributed by atoms with E-state index >= 15 is 0 Å². The first-order chi connectivity index (χ1) is 10.4. The molecule has 0 saturated heterocycles. The van der Waals surface area contributed by atoms with Crippen LogP contribution in [0, 0.1) is 0 Å². The Morgan fingerprint density at radius 3 is 2.17 bits per heavy atom. The zero-order valence-corrected chi connectivity index (χ0v) is 17.6. The van der Waals surface area contributed by atoms with Gasteiger partial charge in [0.15, 0.2) is 5.96 Å². The molecule has 0 aromatic heterocycles. The van der Waals surface area contributed by atoms with Gasteiger partial charge in [-0.3, -0.25) is 14.7 Å². The lowest BCUT2D eigenvalue weighted by Crippen LogP contribution is -2.47. The van der Waals surface area contributed by atoms with E-state index in [1.165, 1.54) is 0 Å². The summed E-state index contributed by atoms with van der Waals surface area (Å²) in [6.07, 6.45) is 0. The number of hydrogen-bond donors (Lipinski definition) is 3. The fourth-order valence-corrected chi connectivity index (χ4v) is 2.16. The molecule has 8 heteroatoms. The van der Waals surface area contributed by atoms with E-state index < -0.39 is 0 Å². The van der Waals surface area contributed by atoms with Gasteiger partial charge in [-0.1, -0.05) is 0 Å². The van der Waals surface area contributed by atoms with Gasteiger partial charge in [0.1, 0.15) is 0 Å². The van der Waals surface area contributed by atoms with Crippen LogP contribution in [0.1, 0.15) is 27.7 Å². The number of methoxy groups -OCH3 is 1. The van der Waals surface area contributed by atoms with E-state index in [1.54, 1.807) is 14.2 Å². The minimum atomic E-state index is -0.0778. The number of amides is 1. The van der Waals surface area contributed by atoms with Crippen molar-refractivity contribution in [2.45, 2.75) is 39.8 Å². The number of hydrogen-bond acceptors (Lipinski definition) is 4. The molecule has 0 bridgehead atoms. The molecule has 0 aromatic rings. The van der Waals surface area contributed by atoms with Crippen molar-refractivity contribution in [3.05, 3.63) is 0 Å². The highest BCUT2D eigenvalue weighted by Crippen LogP contribution is 2.03. The van der Waals surface area contributed by atoms with Gasteiger partial charge < -0.3 is 20.7 Å². The summed E-state index contributed by atoms with van der Waals surface area (Å²) in [6.45, 7) is 11.7. The third-order valence-electron chi connectivity index (χ3n) is 3.26. The standard InChI is InChI=1S/C15H33N5O2.HI/c1-12(2)20(13(3)4)9-7-18-15(16-5)19-11-14(21)17-8-10-22-6;/h12-13H,7-11H2,1-6H3,(H,17,21)(H2,16,18,19);1H. The van der Waals surface area contributed by atoms with Crippen molar-refractivity contribution in [1.82, 2.24) is 20.9 Å². The Labute approximate surface area is 158 Å². The summed E-state index contributed by atoms with van der Waals surface area (Å²) in [5.74, 6) is 0.556. The summed E-state index contributed by atoms with van der Waals surface area (Å²) in [5, 5.41) is 8.97. The number of rotatable bonds is 10. The van der Waals surface area contributed by atoms with Crippen LogP contribution < -0.4 is 16.0 Å². The lowest BCUT2D eigenvalue weighted by molar-refractivity contribution is -0.120. The number of halogens is 1.